The molecule has 0 aliphatic carbocycles. The summed E-state index contributed by atoms with van der Waals surface area (Å²) < 4.78 is 17.0. The second kappa shape index (κ2) is 6.66. The van der Waals surface area contributed by atoms with E-state index >= 15 is 0 Å². The average Bonchev–Trinajstić information content (AvgIpc) is 2.49. The van der Waals surface area contributed by atoms with Gasteiger partial charge in [-0.1, -0.05) is 13.8 Å². The Morgan fingerprint density at radius 3 is 2.33 bits per heavy atom. The van der Waals surface area contributed by atoms with Gasteiger partial charge in [-0.3, -0.25) is 0 Å². The lowest BCUT2D eigenvalue weighted by atomic mass is 10.1. The number of aryl methyl sites for hydroxylation is 1. The van der Waals surface area contributed by atoms with Crippen molar-refractivity contribution in [3.8, 4) is 11.5 Å². The van der Waals surface area contributed by atoms with E-state index < -0.39 is 0 Å². The summed E-state index contributed by atoms with van der Waals surface area (Å²) in [6.07, 6.45) is 1.78. The first-order valence-electron chi connectivity index (χ1n) is 7.42. The van der Waals surface area contributed by atoms with Gasteiger partial charge >= 0.3 is 5.63 Å². The Labute approximate surface area is 124 Å². The molecule has 0 aliphatic rings. The van der Waals surface area contributed by atoms with E-state index in [1.54, 1.807) is 6.92 Å². The van der Waals surface area contributed by atoms with E-state index in [0.29, 0.717) is 35.9 Å². The van der Waals surface area contributed by atoms with E-state index in [1.807, 2.05) is 32.9 Å². The van der Waals surface area contributed by atoms with Crippen molar-refractivity contribution < 1.29 is 13.9 Å². The molecular formula is C17H22O4. The maximum Gasteiger partial charge on any atom is 0.339 e. The van der Waals surface area contributed by atoms with Crippen molar-refractivity contribution in [1.29, 1.82) is 0 Å². The molecule has 0 aliphatic heterocycles. The highest BCUT2D eigenvalue weighted by molar-refractivity contribution is 5.88. The highest BCUT2D eigenvalue weighted by Gasteiger charge is 2.16. The van der Waals surface area contributed by atoms with Gasteiger partial charge in [-0.05, 0) is 44.4 Å². The van der Waals surface area contributed by atoms with Crippen molar-refractivity contribution in [2.75, 3.05) is 13.2 Å². The molecule has 0 saturated carbocycles. The van der Waals surface area contributed by atoms with Crippen LogP contribution in [0.15, 0.2) is 21.3 Å². The Morgan fingerprint density at radius 2 is 1.67 bits per heavy atom. The molecule has 1 aromatic carbocycles. The molecule has 0 unspecified atom stereocenters. The fraction of sp³-hybridized carbons (Fsp3) is 0.471. The molecule has 2 aromatic rings. The minimum atomic E-state index is -0.325. The molecule has 0 fully saturated rings. The van der Waals surface area contributed by atoms with E-state index in [1.165, 1.54) is 0 Å². The first kappa shape index (κ1) is 15.4. The smallest absolute Gasteiger partial charge is 0.339 e. The van der Waals surface area contributed by atoms with E-state index in [0.717, 1.165) is 23.8 Å². The number of hydrogen-bond acceptors (Lipinski definition) is 4. The lowest BCUT2D eigenvalue weighted by Gasteiger charge is -2.14. The van der Waals surface area contributed by atoms with Crippen molar-refractivity contribution in [3.05, 3.63) is 33.7 Å². The minimum Gasteiger partial charge on any atom is -0.490 e. The van der Waals surface area contributed by atoms with Crippen LogP contribution >= 0.6 is 0 Å². The second-order valence-corrected chi connectivity index (χ2v) is 5.11. The van der Waals surface area contributed by atoms with Crippen molar-refractivity contribution in [3.63, 3.8) is 0 Å². The van der Waals surface area contributed by atoms with Crippen LogP contribution in [0.3, 0.4) is 0 Å². The maximum absolute atomic E-state index is 11.9. The molecule has 0 amide bonds. The predicted molar refractivity (Wildman–Crippen MR) is 83.5 cm³/mol. The Kier molecular flexibility index (Phi) is 4.89. The Morgan fingerprint density at radius 1 is 1.00 bits per heavy atom. The van der Waals surface area contributed by atoms with E-state index in [9.17, 15) is 4.79 Å². The summed E-state index contributed by atoms with van der Waals surface area (Å²) >= 11 is 0. The maximum atomic E-state index is 11.9. The number of hydrogen-bond donors (Lipinski definition) is 0. The Hall–Kier alpha value is -1.97. The molecule has 1 aromatic heterocycles. The zero-order valence-corrected chi connectivity index (χ0v) is 13.1. The summed E-state index contributed by atoms with van der Waals surface area (Å²) in [5, 5.41) is 0.891. The van der Waals surface area contributed by atoms with Crippen LogP contribution in [0.1, 0.15) is 37.8 Å². The molecule has 0 bridgehead atoms. The molecule has 4 nitrogen and oxygen atoms in total. The topological polar surface area (TPSA) is 48.7 Å². The number of ether oxygens (including phenoxy) is 2. The third-order valence-corrected chi connectivity index (χ3v) is 3.46. The third kappa shape index (κ3) is 3.04. The van der Waals surface area contributed by atoms with E-state index in [2.05, 4.69) is 0 Å². The van der Waals surface area contributed by atoms with Gasteiger partial charge in [0.1, 0.15) is 0 Å². The second-order valence-electron chi connectivity index (χ2n) is 5.11. The zero-order chi connectivity index (χ0) is 15.4. The van der Waals surface area contributed by atoms with Crippen molar-refractivity contribution in [2.24, 2.45) is 0 Å². The van der Waals surface area contributed by atoms with Crippen LogP contribution < -0.4 is 15.1 Å². The van der Waals surface area contributed by atoms with Gasteiger partial charge in [0.25, 0.3) is 0 Å². The van der Waals surface area contributed by atoms with Crippen LogP contribution in [-0.4, -0.2) is 13.2 Å². The molecule has 0 N–H and O–H groups in total. The fourth-order valence-electron chi connectivity index (χ4n) is 2.13. The monoisotopic (exact) mass is 290 g/mol. The molecule has 2 rings (SSSR count). The van der Waals surface area contributed by atoms with Crippen LogP contribution in [0, 0.1) is 13.8 Å². The van der Waals surface area contributed by atoms with Crippen LogP contribution in [0.4, 0.5) is 0 Å². The molecule has 0 saturated heterocycles. The summed E-state index contributed by atoms with van der Waals surface area (Å²) in [4.78, 5) is 11.9. The lowest BCUT2D eigenvalue weighted by Crippen LogP contribution is -2.08. The molecule has 0 radical (unpaired) electrons. The molecule has 1 heterocycles. The summed E-state index contributed by atoms with van der Waals surface area (Å²) in [6, 6.07) is 3.81. The number of fused-ring (bicyclic) bond motifs is 1. The molecule has 21 heavy (non-hydrogen) atoms. The van der Waals surface area contributed by atoms with Gasteiger partial charge < -0.3 is 13.9 Å². The van der Waals surface area contributed by atoms with Gasteiger partial charge in [0.2, 0.25) is 5.75 Å². The largest absolute Gasteiger partial charge is 0.490 e. The normalized spacial score (nSPS) is 10.9. The molecular weight excluding hydrogens is 268 g/mol. The molecule has 0 atom stereocenters. The summed E-state index contributed by atoms with van der Waals surface area (Å²) in [5.41, 5.74) is 1.70. The van der Waals surface area contributed by atoms with Crippen molar-refractivity contribution in [1.82, 2.24) is 0 Å². The Balaban J connectivity index is 2.65. The van der Waals surface area contributed by atoms with Crippen LogP contribution in [-0.2, 0) is 0 Å². The third-order valence-electron chi connectivity index (χ3n) is 3.46. The zero-order valence-electron chi connectivity index (χ0n) is 13.1. The first-order chi connectivity index (χ1) is 10.1. The predicted octanol–water partition coefficient (Wildman–Crippen LogP) is 3.99. The first-order valence-corrected chi connectivity index (χ1v) is 7.42. The number of rotatable bonds is 6. The van der Waals surface area contributed by atoms with E-state index in [4.69, 9.17) is 13.9 Å². The SMILES string of the molecule is CCCOc1ccc2c(C)c(C)c(=O)oc2c1OCCC. The summed E-state index contributed by atoms with van der Waals surface area (Å²) in [6.45, 7) is 8.92. The van der Waals surface area contributed by atoms with E-state index in [-0.39, 0.29) is 5.63 Å². The molecule has 4 heteroatoms. The van der Waals surface area contributed by atoms with Gasteiger partial charge in [0.05, 0.1) is 13.2 Å². The van der Waals surface area contributed by atoms with Gasteiger partial charge in [-0.2, -0.15) is 0 Å². The fourth-order valence-corrected chi connectivity index (χ4v) is 2.13. The Bertz CT molecular complexity index is 685. The summed E-state index contributed by atoms with van der Waals surface area (Å²) in [7, 11) is 0. The van der Waals surface area contributed by atoms with Crippen molar-refractivity contribution in [2.45, 2.75) is 40.5 Å². The standard InChI is InChI=1S/C17H22O4/c1-5-9-19-14-8-7-13-11(3)12(4)17(18)21-15(13)16(14)20-10-6-2/h7-8H,5-6,9-10H2,1-4H3. The minimum absolute atomic E-state index is 0.325. The van der Waals surface area contributed by atoms with Gasteiger partial charge in [0, 0.05) is 10.9 Å². The number of benzene rings is 1. The molecule has 0 spiro atoms. The van der Waals surface area contributed by atoms with Gasteiger partial charge in [-0.25, -0.2) is 4.79 Å². The quantitative estimate of drug-likeness (QED) is 0.755. The average molecular weight is 290 g/mol. The summed E-state index contributed by atoms with van der Waals surface area (Å²) in [5.74, 6) is 1.16. The highest BCUT2D eigenvalue weighted by atomic mass is 16.5. The van der Waals surface area contributed by atoms with Crippen LogP contribution in [0.2, 0.25) is 0 Å². The van der Waals surface area contributed by atoms with Gasteiger partial charge in [0.15, 0.2) is 11.3 Å². The van der Waals surface area contributed by atoms with Crippen LogP contribution in [0.5, 0.6) is 11.5 Å². The van der Waals surface area contributed by atoms with Gasteiger partial charge in [-0.15, -0.1) is 0 Å². The lowest BCUT2D eigenvalue weighted by molar-refractivity contribution is 0.267. The molecule has 114 valence electrons. The van der Waals surface area contributed by atoms with Crippen molar-refractivity contribution >= 4 is 11.0 Å². The highest BCUT2D eigenvalue weighted by Crippen LogP contribution is 2.37. The van der Waals surface area contributed by atoms with Crippen LogP contribution in [0.25, 0.3) is 11.0 Å².